The van der Waals surface area contributed by atoms with Gasteiger partial charge in [0.15, 0.2) is 0 Å². The van der Waals surface area contributed by atoms with Crippen molar-refractivity contribution in [1.29, 1.82) is 0 Å². The number of nitrogens with one attached hydrogen (secondary N) is 1. The van der Waals surface area contributed by atoms with Gasteiger partial charge in [-0.15, -0.1) is 0 Å². The van der Waals surface area contributed by atoms with Crippen molar-refractivity contribution in [3.63, 3.8) is 0 Å². The minimum Gasteiger partial charge on any atom is -0.389 e. The van der Waals surface area contributed by atoms with Crippen LogP contribution in [0.2, 0.25) is 0 Å². The summed E-state index contributed by atoms with van der Waals surface area (Å²) in [6.45, 7) is 0.584. The molecule has 0 aromatic carbocycles. The molecule has 2 saturated carbocycles. The Balaban J connectivity index is 1.69. The Kier molecular flexibility index (Phi) is 3.82. The van der Waals surface area contributed by atoms with E-state index in [-0.39, 0.29) is 18.4 Å². The van der Waals surface area contributed by atoms with Crippen LogP contribution >= 0.6 is 0 Å². The first-order chi connectivity index (χ1) is 7.74. The lowest BCUT2D eigenvalue weighted by Crippen LogP contribution is -2.35. The summed E-state index contributed by atoms with van der Waals surface area (Å²) in [6, 6.07) is 0. The van der Waals surface area contributed by atoms with Crippen LogP contribution in [0.3, 0.4) is 0 Å². The maximum absolute atomic E-state index is 11.8. The van der Waals surface area contributed by atoms with Crippen LogP contribution in [0.4, 0.5) is 0 Å². The summed E-state index contributed by atoms with van der Waals surface area (Å²) in [5.41, 5.74) is 0. The van der Waals surface area contributed by atoms with Crippen LogP contribution in [0.1, 0.15) is 25.7 Å². The van der Waals surface area contributed by atoms with Crippen molar-refractivity contribution in [3.05, 3.63) is 0 Å². The van der Waals surface area contributed by atoms with Crippen LogP contribution in [0, 0.1) is 17.8 Å². The van der Waals surface area contributed by atoms with Crippen molar-refractivity contribution in [2.45, 2.75) is 31.8 Å². The van der Waals surface area contributed by atoms with Gasteiger partial charge in [0.2, 0.25) is 5.91 Å². The lowest BCUT2D eigenvalue weighted by Gasteiger charge is -2.10. The number of methoxy groups -OCH3 is 1. The SMILES string of the molecule is COCC(O)CNC(=O)C1C2CCCCC21. The van der Waals surface area contributed by atoms with Crippen molar-refractivity contribution in [2.24, 2.45) is 17.8 Å². The van der Waals surface area contributed by atoms with Gasteiger partial charge in [0.1, 0.15) is 0 Å². The minimum absolute atomic E-state index is 0.132. The summed E-state index contributed by atoms with van der Waals surface area (Å²) in [7, 11) is 1.54. The van der Waals surface area contributed by atoms with Gasteiger partial charge in [0, 0.05) is 19.6 Å². The molecule has 3 atom stereocenters. The quantitative estimate of drug-likeness (QED) is 0.721. The number of fused-ring (bicyclic) bond motifs is 1. The Hall–Kier alpha value is -0.610. The van der Waals surface area contributed by atoms with E-state index in [2.05, 4.69) is 5.32 Å². The van der Waals surface area contributed by atoms with Crippen LogP contribution in [0.15, 0.2) is 0 Å². The summed E-state index contributed by atoms with van der Waals surface area (Å²) < 4.78 is 4.81. The van der Waals surface area contributed by atoms with Crippen molar-refractivity contribution >= 4 is 5.91 Å². The molecule has 4 heteroatoms. The zero-order chi connectivity index (χ0) is 11.5. The molecule has 2 N–H and O–H groups in total. The Morgan fingerprint density at radius 1 is 1.44 bits per heavy atom. The van der Waals surface area contributed by atoms with Gasteiger partial charge in [0.05, 0.1) is 12.7 Å². The number of carbonyl (C=O) groups is 1. The van der Waals surface area contributed by atoms with Crippen LogP contribution < -0.4 is 5.32 Å². The molecule has 4 nitrogen and oxygen atoms in total. The maximum Gasteiger partial charge on any atom is 0.223 e. The van der Waals surface area contributed by atoms with E-state index in [1.54, 1.807) is 7.11 Å². The fourth-order valence-electron chi connectivity index (χ4n) is 2.97. The van der Waals surface area contributed by atoms with Crippen LogP contribution in [0.25, 0.3) is 0 Å². The molecule has 0 spiro atoms. The average Bonchev–Trinajstić information content (AvgIpc) is 3.00. The second kappa shape index (κ2) is 5.15. The van der Waals surface area contributed by atoms with E-state index in [1.165, 1.54) is 25.7 Å². The summed E-state index contributed by atoms with van der Waals surface area (Å²) in [5, 5.41) is 12.2. The lowest BCUT2D eigenvalue weighted by molar-refractivity contribution is -0.123. The van der Waals surface area contributed by atoms with Crippen molar-refractivity contribution in [1.82, 2.24) is 5.32 Å². The van der Waals surface area contributed by atoms with Gasteiger partial charge < -0.3 is 15.2 Å². The highest BCUT2D eigenvalue weighted by Gasteiger charge is 2.54. The number of amides is 1. The van der Waals surface area contributed by atoms with E-state index in [0.29, 0.717) is 18.4 Å². The second-order valence-corrected chi connectivity index (χ2v) is 4.99. The Labute approximate surface area is 96.4 Å². The van der Waals surface area contributed by atoms with Gasteiger partial charge in [-0.25, -0.2) is 0 Å². The predicted octanol–water partition coefficient (Wildman–Crippen LogP) is 0.546. The first-order valence-corrected chi connectivity index (χ1v) is 6.18. The van der Waals surface area contributed by atoms with E-state index in [4.69, 9.17) is 4.74 Å². The van der Waals surface area contributed by atoms with Crippen LogP contribution in [-0.2, 0) is 9.53 Å². The highest BCUT2D eigenvalue weighted by molar-refractivity contribution is 5.82. The Morgan fingerprint density at radius 3 is 2.62 bits per heavy atom. The van der Waals surface area contributed by atoms with E-state index >= 15 is 0 Å². The lowest BCUT2D eigenvalue weighted by atomic mass is 10.0. The average molecular weight is 227 g/mol. The molecular weight excluding hydrogens is 206 g/mol. The molecule has 2 rings (SSSR count). The molecule has 2 aliphatic rings. The second-order valence-electron chi connectivity index (χ2n) is 4.99. The molecule has 16 heavy (non-hydrogen) atoms. The van der Waals surface area contributed by atoms with Gasteiger partial charge in [-0.1, -0.05) is 12.8 Å². The topological polar surface area (TPSA) is 58.6 Å². The number of rotatable bonds is 5. The summed E-state index contributed by atoms with van der Waals surface area (Å²) >= 11 is 0. The fourth-order valence-corrected chi connectivity index (χ4v) is 2.97. The minimum atomic E-state index is -0.588. The third kappa shape index (κ3) is 2.55. The monoisotopic (exact) mass is 227 g/mol. The smallest absolute Gasteiger partial charge is 0.223 e. The molecule has 92 valence electrons. The molecule has 0 aromatic heterocycles. The molecule has 0 saturated heterocycles. The molecule has 2 aliphatic carbocycles. The Bertz CT molecular complexity index is 245. The van der Waals surface area contributed by atoms with Crippen molar-refractivity contribution in [2.75, 3.05) is 20.3 Å². The largest absolute Gasteiger partial charge is 0.389 e. The van der Waals surface area contributed by atoms with Gasteiger partial charge in [0.25, 0.3) is 0 Å². The summed E-state index contributed by atoms with van der Waals surface area (Å²) in [6.07, 6.45) is 4.39. The summed E-state index contributed by atoms with van der Waals surface area (Å²) in [4.78, 5) is 11.8. The van der Waals surface area contributed by atoms with Gasteiger partial charge in [-0.2, -0.15) is 0 Å². The first-order valence-electron chi connectivity index (χ1n) is 6.18. The number of aliphatic hydroxyl groups is 1. The standard InChI is InChI=1S/C12H21NO3/c1-16-7-8(14)6-13-12(15)11-9-4-2-3-5-10(9)11/h8-11,14H,2-7H2,1H3,(H,13,15). The van der Waals surface area contributed by atoms with E-state index in [9.17, 15) is 9.90 Å². The highest BCUT2D eigenvalue weighted by atomic mass is 16.5. The normalized spacial score (nSPS) is 34.0. The van der Waals surface area contributed by atoms with E-state index in [0.717, 1.165) is 0 Å². The molecule has 0 bridgehead atoms. The number of hydrogen-bond donors (Lipinski definition) is 2. The molecular formula is C12H21NO3. The zero-order valence-electron chi connectivity index (χ0n) is 9.82. The zero-order valence-corrected chi connectivity index (χ0v) is 9.82. The summed E-state index contributed by atoms with van der Waals surface area (Å²) in [5.74, 6) is 1.63. The number of hydrogen-bond acceptors (Lipinski definition) is 3. The molecule has 0 aliphatic heterocycles. The van der Waals surface area contributed by atoms with Gasteiger partial charge in [-0.05, 0) is 24.7 Å². The number of carbonyl (C=O) groups excluding carboxylic acids is 1. The number of ether oxygens (including phenoxy) is 1. The molecule has 3 unspecified atom stereocenters. The highest BCUT2D eigenvalue weighted by Crippen LogP contribution is 2.55. The van der Waals surface area contributed by atoms with Gasteiger partial charge >= 0.3 is 0 Å². The molecule has 0 aromatic rings. The molecule has 0 radical (unpaired) electrons. The predicted molar refractivity (Wildman–Crippen MR) is 59.8 cm³/mol. The molecule has 2 fully saturated rings. The van der Waals surface area contributed by atoms with Crippen LogP contribution in [-0.4, -0.2) is 37.4 Å². The van der Waals surface area contributed by atoms with Gasteiger partial charge in [-0.3, -0.25) is 4.79 Å². The fraction of sp³-hybridized carbons (Fsp3) is 0.917. The van der Waals surface area contributed by atoms with E-state index < -0.39 is 6.10 Å². The Morgan fingerprint density at radius 2 is 2.06 bits per heavy atom. The van der Waals surface area contributed by atoms with E-state index in [1.807, 2.05) is 0 Å². The maximum atomic E-state index is 11.8. The molecule has 1 amide bonds. The number of aliphatic hydroxyl groups excluding tert-OH is 1. The third-order valence-electron chi connectivity index (χ3n) is 3.83. The first kappa shape index (κ1) is 11.9. The van der Waals surface area contributed by atoms with Crippen molar-refractivity contribution < 1.29 is 14.6 Å². The van der Waals surface area contributed by atoms with Crippen LogP contribution in [0.5, 0.6) is 0 Å². The molecule has 0 heterocycles. The third-order valence-corrected chi connectivity index (χ3v) is 3.83. The van der Waals surface area contributed by atoms with Crippen molar-refractivity contribution in [3.8, 4) is 0 Å².